The molecule has 0 saturated carbocycles. The first-order chi connectivity index (χ1) is 12.2. The summed E-state index contributed by atoms with van der Waals surface area (Å²) in [4.78, 5) is 4.26. The number of rotatable bonds is 6. The zero-order chi connectivity index (χ0) is 17.5. The molecule has 1 aliphatic heterocycles. The van der Waals surface area contributed by atoms with E-state index in [2.05, 4.69) is 21.7 Å². The van der Waals surface area contributed by atoms with E-state index < -0.39 is 0 Å². The van der Waals surface area contributed by atoms with Gasteiger partial charge in [-0.2, -0.15) is 0 Å². The van der Waals surface area contributed by atoms with Crippen LogP contribution in [-0.4, -0.2) is 38.3 Å². The lowest BCUT2D eigenvalue weighted by Gasteiger charge is -2.19. The van der Waals surface area contributed by atoms with Crippen molar-refractivity contribution in [1.29, 1.82) is 0 Å². The van der Waals surface area contributed by atoms with E-state index in [1.165, 1.54) is 5.56 Å². The number of aliphatic imine (C=N–C) groups is 1. The van der Waals surface area contributed by atoms with Crippen molar-refractivity contribution in [2.75, 3.05) is 20.1 Å². The molecule has 5 nitrogen and oxygen atoms in total. The third-order valence-electron chi connectivity index (χ3n) is 4.07. The van der Waals surface area contributed by atoms with Crippen LogP contribution in [0, 0.1) is 0 Å². The SMILES string of the molecule is CN=C(NCC(C)Oc1ccccc1)NCC1Cc2ccccc2O1.I. The van der Waals surface area contributed by atoms with E-state index in [-0.39, 0.29) is 36.2 Å². The molecule has 2 N–H and O–H groups in total. The van der Waals surface area contributed by atoms with E-state index in [4.69, 9.17) is 9.47 Å². The van der Waals surface area contributed by atoms with Crippen LogP contribution in [0.3, 0.4) is 0 Å². The summed E-state index contributed by atoms with van der Waals surface area (Å²) in [6, 6.07) is 18.0. The molecule has 1 heterocycles. The number of para-hydroxylation sites is 2. The number of hydrogen-bond donors (Lipinski definition) is 2. The van der Waals surface area contributed by atoms with Crippen LogP contribution >= 0.6 is 24.0 Å². The molecule has 0 spiro atoms. The van der Waals surface area contributed by atoms with Gasteiger partial charge in [-0.3, -0.25) is 4.99 Å². The van der Waals surface area contributed by atoms with Gasteiger partial charge >= 0.3 is 0 Å². The highest BCUT2D eigenvalue weighted by atomic mass is 127. The third-order valence-corrected chi connectivity index (χ3v) is 4.07. The first-order valence-corrected chi connectivity index (χ1v) is 8.65. The van der Waals surface area contributed by atoms with Crippen molar-refractivity contribution in [3.8, 4) is 11.5 Å². The van der Waals surface area contributed by atoms with Crippen LogP contribution in [0.1, 0.15) is 12.5 Å². The molecule has 2 atom stereocenters. The quantitative estimate of drug-likeness (QED) is 0.389. The molecule has 0 amide bonds. The summed E-state index contributed by atoms with van der Waals surface area (Å²) in [5.41, 5.74) is 1.27. The van der Waals surface area contributed by atoms with E-state index in [0.717, 1.165) is 23.9 Å². The van der Waals surface area contributed by atoms with Crippen LogP contribution < -0.4 is 20.1 Å². The molecule has 3 rings (SSSR count). The second kappa shape index (κ2) is 10.3. The van der Waals surface area contributed by atoms with Crippen LogP contribution in [0.5, 0.6) is 11.5 Å². The summed E-state index contributed by atoms with van der Waals surface area (Å²) in [5, 5.41) is 6.62. The lowest BCUT2D eigenvalue weighted by Crippen LogP contribution is -2.45. The van der Waals surface area contributed by atoms with E-state index in [1.54, 1.807) is 7.05 Å². The predicted octanol–water partition coefficient (Wildman–Crippen LogP) is 3.24. The topological polar surface area (TPSA) is 54.9 Å². The minimum atomic E-state index is 0. The highest BCUT2D eigenvalue weighted by molar-refractivity contribution is 14.0. The summed E-state index contributed by atoms with van der Waals surface area (Å²) in [6.07, 6.45) is 1.09. The Morgan fingerprint density at radius 3 is 2.62 bits per heavy atom. The van der Waals surface area contributed by atoms with Gasteiger partial charge in [0, 0.05) is 13.5 Å². The molecule has 0 bridgehead atoms. The van der Waals surface area contributed by atoms with Gasteiger partial charge < -0.3 is 20.1 Å². The molecule has 2 aromatic carbocycles. The van der Waals surface area contributed by atoms with E-state index in [9.17, 15) is 0 Å². The van der Waals surface area contributed by atoms with E-state index in [0.29, 0.717) is 13.1 Å². The molecule has 140 valence electrons. The Hall–Kier alpha value is -1.96. The Morgan fingerprint density at radius 1 is 1.15 bits per heavy atom. The van der Waals surface area contributed by atoms with Crippen LogP contribution in [0.25, 0.3) is 0 Å². The van der Waals surface area contributed by atoms with E-state index in [1.807, 2.05) is 55.5 Å². The summed E-state index contributed by atoms with van der Waals surface area (Å²) in [6.45, 7) is 3.41. The summed E-state index contributed by atoms with van der Waals surface area (Å²) in [5.74, 6) is 2.61. The van der Waals surface area contributed by atoms with Crippen LogP contribution in [0.15, 0.2) is 59.6 Å². The van der Waals surface area contributed by atoms with Gasteiger partial charge in [-0.15, -0.1) is 24.0 Å². The minimum Gasteiger partial charge on any atom is -0.489 e. The maximum atomic E-state index is 5.94. The Balaban J connectivity index is 0.00000243. The Morgan fingerprint density at radius 2 is 1.88 bits per heavy atom. The monoisotopic (exact) mass is 467 g/mol. The van der Waals surface area contributed by atoms with Crippen molar-refractivity contribution in [2.45, 2.75) is 25.6 Å². The third kappa shape index (κ3) is 5.79. The van der Waals surface area contributed by atoms with Gasteiger partial charge in [-0.25, -0.2) is 0 Å². The molecule has 0 saturated heterocycles. The molecule has 1 aliphatic rings. The molecule has 0 aliphatic carbocycles. The molecule has 2 unspecified atom stereocenters. The number of benzene rings is 2. The lowest BCUT2D eigenvalue weighted by atomic mass is 10.1. The summed E-state index contributed by atoms with van der Waals surface area (Å²) >= 11 is 0. The summed E-state index contributed by atoms with van der Waals surface area (Å²) < 4.78 is 11.8. The van der Waals surface area contributed by atoms with Crippen LogP contribution in [-0.2, 0) is 6.42 Å². The zero-order valence-electron chi connectivity index (χ0n) is 15.1. The molecule has 0 radical (unpaired) electrons. The molecule has 6 heteroatoms. The van der Waals surface area contributed by atoms with Crippen molar-refractivity contribution >= 4 is 29.9 Å². The Labute approximate surface area is 172 Å². The van der Waals surface area contributed by atoms with Gasteiger partial charge in [0.25, 0.3) is 0 Å². The average molecular weight is 467 g/mol. The molecule has 26 heavy (non-hydrogen) atoms. The fourth-order valence-corrected chi connectivity index (χ4v) is 2.81. The molecular formula is C20H26IN3O2. The van der Waals surface area contributed by atoms with Gasteiger partial charge in [0.15, 0.2) is 5.96 Å². The minimum absolute atomic E-state index is 0. The fraction of sp³-hybridized carbons (Fsp3) is 0.350. The Kier molecular flexibility index (Phi) is 8.03. The first-order valence-electron chi connectivity index (χ1n) is 8.65. The molecule has 0 fully saturated rings. The van der Waals surface area contributed by atoms with Crippen molar-refractivity contribution in [3.63, 3.8) is 0 Å². The maximum Gasteiger partial charge on any atom is 0.191 e. The predicted molar refractivity (Wildman–Crippen MR) is 116 cm³/mol. The van der Waals surface area contributed by atoms with Gasteiger partial charge in [0.05, 0.1) is 13.1 Å². The van der Waals surface area contributed by atoms with Crippen molar-refractivity contribution < 1.29 is 9.47 Å². The molecule has 0 aromatic heterocycles. The lowest BCUT2D eigenvalue weighted by molar-refractivity contribution is 0.222. The number of nitrogens with one attached hydrogen (secondary N) is 2. The number of hydrogen-bond acceptors (Lipinski definition) is 3. The van der Waals surface area contributed by atoms with Crippen molar-refractivity contribution in [1.82, 2.24) is 10.6 Å². The second-order valence-electron chi connectivity index (χ2n) is 6.13. The number of ether oxygens (including phenoxy) is 2. The smallest absolute Gasteiger partial charge is 0.191 e. The summed E-state index contributed by atoms with van der Waals surface area (Å²) in [7, 11) is 1.77. The zero-order valence-corrected chi connectivity index (χ0v) is 17.5. The van der Waals surface area contributed by atoms with Gasteiger partial charge in [0.1, 0.15) is 23.7 Å². The molecule has 2 aromatic rings. The number of nitrogens with zero attached hydrogens (tertiary/aromatic N) is 1. The van der Waals surface area contributed by atoms with E-state index >= 15 is 0 Å². The van der Waals surface area contributed by atoms with Crippen molar-refractivity contribution in [3.05, 3.63) is 60.2 Å². The number of guanidine groups is 1. The highest BCUT2D eigenvalue weighted by Gasteiger charge is 2.22. The first kappa shape index (κ1) is 20.4. The van der Waals surface area contributed by atoms with Crippen molar-refractivity contribution in [2.24, 2.45) is 4.99 Å². The second-order valence-corrected chi connectivity index (χ2v) is 6.13. The normalized spacial score (nSPS) is 16.7. The fourth-order valence-electron chi connectivity index (χ4n) is 2.81. The highest BCUT2D eigenvalue weighted by Crippen LogP contribution is 2.27. The number of halogens is 1. The van der Waals surface area contributed by atoms with Gasteiger partial charge in [0.2, 0.25) is 0 Å². The molecular weight excluding hydrogens is 441 g/mol. The van der Waals surface area contributed by atoms with Crippen LogP contribution in [0.4, 0.5) is 0 Å². The van der Waals surface area contributed by atoms with Gasteiger partial charge in [-0.1, -0.05) is 36.4 Å². The Bertz CT molecular complexity index is 684. The number of fused-ring (bicyclic) bond motifs is 1. The maximum absolute atomic E-state index is 5.94. The van der Waals surface area contributed by atoms with Crippen LogP contribution in [0.2, 0.25) is 0 Å². The van der Waals surface area contributed by atoms with Gasteiger partial charge in [-0.05, 0) is 30.7 Å². The average Bonchev–Trinajstić information content (AvgIpc) is 3.05. The standard InChI is InChI=1S/C20H25N3O2.HI/c1-15(24-17-9-4-3-5-10-17)13-22-20(21-2)23-14-18-12-16-8-6-7-11-19(16)25-18;/h3-11,15,18H,12-14H2,1-2H3,(H2,21,22,23);1H. The largest absolute Gasteiger partial charge is 0.489 e.